The molecule has 0 aromatic heterocycles. The standard InChI is InChI=1S/C9H7BrF5N/c10-6-2-1-5(9(13,14)15)3-7(6)16-4-8(11)12/h1-3,8,16H,4H2. The van der Waals surface area contributed by atoms with Gasteiger partial charge in [0.25, 0.3) is 6.43 Å². The summed E-state index contributed by atoms with van der Waals surface area (Å²) in [5.74, 6) is 0. The highest BCUT2D eigenvalue weighted by Gasteiger charge is 2.30. The molecule has 1 rings (SSSR count). The Kier molecular flexibility index (Phi) is 4.12. The number of hydrogen-bond acceptors (Lipinski definition) is 1. The summed E-state index contributed by atoms with van der Waals surface area (Å²) in [7, 11) is 0. The third-order valence-corrected chi connectivity index (χ3v) is 2.43. The van der Waals surface area contributed by atoms with E-state index in [0.29, 0.717) is 4.47 Å². The predicted octanol–water partition coefficient (Wildman–Crippen LogP) is 4.14. The Hall–Kier alpha value is -0.850. The van der Waals surface area contributed by atoms with Crippen LogP contribution in [0.15, 0.2) is 22.7 Å². The lowest BCUT2D eigenvalue weighted by Crippen LogP contribution is -2.12. The van der Waals surface area contributed by atoms with Crippen LogP contribution in [0.1, 0.15) is 5.56 Å². The van der Waals surface area contributed by atoms with Crippen LogP contribution < -0.4 is 5.32 Å². The van der Waals surface area contributed by atoms with Crippen LogP contribution in [0, 0.1) is 0 Å². The molecule has 0 spiro atoms. The van der Waals surface area contributed by atoms with Gasteiger partial charge in [-0.1, -0.05) is 0 Å². The van der Waals surface area contributed by atoms with Crippen molar-refractivity contribution in [3.63, 3.8) is 0 Å². The number of halogens is 6. The van der Waals surface area contributed by atoms with Crippen molar-refractivity contribution in [3.8, 4) is 0 Å². The molecule has 1 aromatic rings. The van der Waals surface area contributed by atoms with E-state index in [2.05, 4.69) is 21.2 Å². The van der Waals surface area contributed by atoms with Crippen LogP contribution >= 0.6 is 15.9 Å². The van der Waals surface area contributed by atoms with Crippen LogP contribution in [0.2, 0.25) is 0 Å². The highest BCUT2D eigenvalue weighted by atomic mass is 79.9. The molecule has 0 aliphatic heterocycles. The van der Waals surface area contributed by atoms with Gasteiger partial charge in [-0.3, -0.25) is 0 Å². The van der Waals surface area contributed by atoms with Crippen LogP contribution in [0.25, 0.3) is 0 Å². The topological polar surface area (TPSA) is 12.0 Å². The van der Waals surface area contributed by atoms with Gasteiger partial charge in [-0.05, 0) is 34.1 Å². The lowest BCUT2D eigenvalue weighted by Gasteiger charge is -2.12. The minimum Gasteiger partial charge on any atom is -0.378 e. The molecule has 0 aliphatic rings. The zero-order valence-corrected chi connectivity index (χ0v) is 9.37. The maximum absolute atomic E-state index is 12.3. The third kappa shape index (κ3) is 3.62. The van der Waals surface area contributed by atoms with Crippen molar-refractivity contribution in [2.24, 2.45) is 0 Å². The molecule has 0 saturated heterocycles. The molecule has 0 aliphatic carbocycles. The Morgan fingerprint density at radius 2 is 1.88 bits per heavy atom. The Labute approximate surface area is 96.8 Å². The monoisotopic (exact) mass is 303 g/mol. The van der Waals surface area contributed by atoms with Gasteiger partial charge < -0.3 is 5.32 Å². The average molecular weight is 304 g/mol. The fraction of sp³-hybridized carbons (Fsp3) is 0.333. The molecule has 1 aromatic carbocycles. The van der Waals surface area contributed by atoms with E-state index < -0.39 is 24.7 Å². The summed E-state index contributed by atoms with van der Waals surface area (Å²) >= 11 is 2.97. The Bertz CT molecular complexity index is 363. The molecule has 0 amide bonds. The van der Waals surface area contributed by atoms with Crippen molar-refractivity contribution in [3.05, 3.63) is 28.2 Å². The molecule has 1 nitrogen and oxygen atoms in total. The average Bonchev–Trinajstić information content (AvgIpc) is 2.14. The number of alkyl halides is 5. The molecule has 0 atom stereocenters. The van der Waals surface area contributed by atoms with Crippen molar-refractivity contribution in [2.45, 2.75) is 12.6 Å². The molecule has 0 radical (unpaired) electrons. The predicted molar refractivity (Wildman–Crippen MR) is 53.6 cm³/mol. The Morgan fingerprint density at radius 3 is 2.38 bits per heavy atom. The first-order chi connectivity index (χ1) is 7.30. The fourth-order valence-corrected chi connectivity index (χ4v) is 1.41. The van der Waals surface area contributed by atoms with E-state index in [9.17, 15) is 22.0 Å². The minimum atomic E-state index is -4.48. The molecule has 90 valence electrons. The molecule has 0 saturated carbocycles. The molecule has 16 heavy (non-hydrogen) atoms. The first kappa shape index (κ1) is 13.2. The van der Waals surface area contributed by atoms with Crippen molar-refractivity contribution in [2.75, 3.05) is 11.9 Å². The summed E-state index contributed by atoms with van der Waals surface area (Å²) < 4.78 is 61.0. The van der Waals surface area contributed by atoms with Crippen LogP contribution in [0.5, 0.6) is 0 Å². The molecule has 0 bridgehead atoms. The van der Waals surface area contributed by atoms with Crippen molar-refractivity contribution in [1.29, 1.82) is 0 Å². The van der Waals surface area contributed by atoms with E-state index in [1.165, 1.54) is 0 Å². The van der Waals surface area contributed by atoms with E-state index >= 15 is 0 Å². The first-order valence-corrected chi connectivity index (χ1v) is 4.99. The number of nitrogens with one attached hydrogen (secondary N) is 1. The van der Waals surface area contributed by atoms with E-state index in [4.69, 9.17) is 0 Å². The zero-order valence-electron chi connectivity index (χ0n) is 7.78. The van der Waals surface area contributed by atoms with Gasteiger partial charge in [0.1, 0.15) is 0 Å². The van der Waals surface area contributed by atoms with E-state index in [1.807, 2.05) is 0 Å². The minimum absolute atomic E-state index is 0.00451. The lowest BCUT2D eigenvalue weighted by molar-refractivity contribution is -0.137. The van der Waals surface area contributed by atoms with E-state index in [-0.39, 0.29) is 5.69 Å². The molecule has 0 fully saturated rings. The van der Waals surface area contributed by atoms with Gasteiger partial charge in [-0.2, -0.15) is 13.2 Å². The van der Waals surface area contributed by atoms with Gasteiger partial charge in [0.05, 0.1) is 12.1 Å². The number of rotatable bonds is 3. The largest absolute Gasteiger partial charge is 0.416 e. The summed E-state index contributed by atoms with van der Waals surface area (Å²) in [6, 6.07) is 2.82. The summed E-state index contributed by atoms with van der Waals surface area (Å²) in [5, 5.41) is 2.23. The summed E-state index contributed by atoms with van der Waals surface area (Å²) in [5.41, 5.74) is -0.886. The number of anilines is 1. The molecular weight excluding hydrogens is 297 g/mol. The third-order valence-electron chi connectivity index (χ3n) is 1.74. The van der Waals surface area contributed by atoms with Crippen LogP contribution in [0.4, 0.5) is 27.6 Å². The molecule has 0 unspecified atom stereocenters. The quantitative estimate of drug-likeness (QED) is 0.827. The van der Waals surface area contributed by atoms with Crippen molar-refractivity contribution in [1.82, 2.24) is 0 Å². The van der Waals surface area contributed by atoms with E-state index in [1.54, 1.807) is 0 Å². The SMILES string of the molecule is FC(F)CNc1cc(C(F)(F)F)ccc1Br. The van der Waals surface area contributed by atoms with E-state index in [0.717, 1.165) is 18.2 Å². The number of hydrogen-bond donors (Lipinski definition) is 1. The first-order valence-electron chi connectivity index (χ1n) is 4.19. The fourth-order valence-electron chi connectivity index (χ4n) is 1.02. The van der Waals surface area contributed by atoms with Crippen LogP contribution in [-0.4, -0.2) is 13.0 Å². The van der Waals surface area contributed by atoms with Crippen molar-refractivity contribution >= 4 is 21.6 Å². The molecule has 1 N–H and O–H groups in total. The van der Waals surface area contributed by atoms with Gasteiger partial charge in [0.2, 0.25) is 0 Å². The maximum atomic E-state index is 12.3. The second-order valence-electron chi connectivity index (χ2n) is 2.96. The van der Waals surface area contributed by atoms with Gasteiger partial charge in [0, 0.05) is 10.2 Å². The Morgan fingerprint density at radius 1 is 1.25 bits per heavy atom. The summed E-state index contributed by atoms with van der Waals surface area (Å²) in [6.45, 7) is -0.695. The van der Waals surface area contributed by atoms with Crippen LogP contribution in [-0.2, 0) is 6.18 Å². The molecular formula is C9H7BrF5N. The van der Waals surface area contributed by atoms with Gasteiger partial charge in [-0.25, -0.2) is 8.78 Å². The lowest BCUT2D eigenvalue weighted by atomic mass is 10.2. The zero-order chi connectivity index (χ0) is 12.3. The Balaban J connectivity index is 2.91. The molecule has 7 heteroatoms. The number of benzene rings is 1. The van der Waals surface area contributed by atoms with Gasteiger partial charge in [-0.15, -0.1) is 0 Å². The second kappa shape index (κ2) is 4.99. The second-order valence-corrected chi connectivity index (χ2v) is 3.82. The maximum Gasteiger partial charge on any atom is 0.416 e. The van der Waals surface area contributed by atoms with Gasteiger partial charge in [0.15, 0.2) is 0 Å². The molecule has 0 heterocycles. The smallest absolute Gasteiger partial charge is 0.378 e. The van der Waals surface area contributed by atoms with Crippen LogP contribution in [0.3, 0.4) is 0 Å². The highest BCUT2D eigenvalue weighted by Crippen LogP contribution is 2.33. The highest BCUT2D eigenvalue weighted by molar-refractivity contribution is 9.10. The summed E-state index contributed by atoms with van der Waals surface area (Å²) in [4.78, 5) is 0. The van der Waals surface area contributed by atoms with Crippen molar-refractivity contribution < 1.29 is 22.0 Å². The van der Waals surface area contributed by atoms with Gasteiger partial charge >= 0.3 is 6.18 Å². The normalized spacial score (nSPS) is 11.9. The summed E-state index contributed by atoms with van der Waals surface area (Å²) in [6.07, 6.45) is -7.11.